The summed E-state index contributed by atoms with van der Waals surface area (Å²) in [6.45, 7) is 0. The monoisotopic (exact) mass is 465 g/mol. The molecule has 0 atom stereocenters. The van der Waals surface area contributed by atoms with Crippen molar-refractivity contribution in [2.75, 3.05) is 5.06 Å². The van der Waals surface area contributed by atoms with E-state index in [1.165, 1.54) is 30.3 Å². The van der Waals surface area contributed by atoms with Crippen LogP contribution in [0.4, 0.5) is 10.1 Å². The number of amides is 1. The summed E-state index contributed by atoms with van der Waals surface area (Å²) >= 11 is 12.3. The molecule has 0 saturated carbocycles. The fourth-order valence-electron chi connectivity index (χ4n) is 2.71. The number of hydrogen-bond donors (Lipinski definition) is 3. The van der Waals surface area contributed by atoms with Gasteiger partial charge in [-0.25, -0.2) is 9.18 Å². The molecule has 3 rings (SSSR count). The molecule has 10 heteroatoms. The first kappa shape index (κ1) is 22.4. The minimum atomic E-state index is -1.90. The van der Waals surface area contributed by atoms with E-state index in [1.54, 1.807) is 18.2 Å². The van der Waals surface area contributed by atoms with Crippen LogP contribution in [0.5, 0.6) is 17.2 Å². The molecule has 0 aliphatic carbocycles. The molecule has 0 heterocycles. The summed E-state index contributed by atoms with van der Waals surface area (Å²) in [5.41, 5.74) is 0.353. The molecular formula is C21H14Cl2FNO6. The van der Waals surface area contributed by atoms with Crippen LogP contribution in [-0.2, 0) is 16.0 Å². The number of aromatic hydroxyl groups is 1. The second-order valence-electron chi connectivity index (χ2n) is 6.29. The Kier molecular flexibility index (Phi) is 6.65. The smallest absolute Gasteiger partial charge is 0.397 e. The maximum atomic E-state index is 14.0. The van der Waals surface area contributed by atoms with Crippen molar-refractivity contribution in [2.45, 2.75) is 6.42 Å². The second kappa shape index (κ2) is 9.22. The van der Waals surface area contributed by atoms with E-state index in [4.69, 9.17) is 33.0 Å². The third kappa shape index (κ3) is 4.88. The number of aliphatic carboxylic acids is 1. The SMILES string of the molecule is O=C(O)C(=O)N(O)c1ccc(Cl)c(Oc2ccc(O)c(Cc3ccccc3F)c2)c1Cl. The van der Waals surface area contributed by atoms with Gasteiger partial charge in [0.2, 0.25) is 0 Å². The molecule has 1 amide bonds. The first-order valence-electron chi connectivity index (χ1n) is 8.66. The highest BCUT2D eigenvalue weighted by atomic mass is 35.5. The summed E-state index contributed by atoms with van der Waals surface area (Å²) in [6, 6.07) is 12.7. The van der Waals surface area contributed by atoms with Gasteiger partial charge >= 0.3 is 11.9 Å². The Morgan fingerprint density at radius 3 is 2.42 bits per heavy atom. The van der Waals surface area contributed by atoms with Gasteiger partial charge in [0, 0.05) is 12.0 Å². The topological polar surface area (TPSA) is 107 Å². The van der Waals surface area contributed by atoms with Crippen LogP contribution in [0.2, 0.25) is 10.0 Å². The number of nitrogens with zero attached hydrogens (tertiary/aromatic N) is 1. The molecule has 0 radical (unpaired) electrons. The Labute approximate surface area is 185 Å². The van der Waals surface area contributed by atoms with Crippen LogP contribution in [0.1, 0.15) is 11.1 Å². The van der Waals surface area contributed by atoms with Crippen molar-refractivity contribution in [1.82, 2.24) is 0 Å². The van der Waals surface area contributed by atoms with Gasteiger partial charge in [-0.3, -0.25) is 10.0 Å². The minimum absolute atomic E-state index is 0.00801. The van der Waals surface area contributed by atoms with Crippen LogP contribution in [0.15, 0.2) is 54.6 Å². The van der Waals surface area contributed by atoms with E-state index in [1.807, 2.05) is 0 Å². The number of carboxylic acids is 1. The lowest BCUT2D eigenvalue weighted by Crippen LogP contribution is -2.33. The van der Waals surface area contributed by atoms with Crippen molar-refractivity contribution in [3.63, 3.8) is 0 Å². The van der Waals surface area contributed by atoms with Gasteiger partial charge in [0.1, 0.15) is 22.3 Å². The van der Waals surface area contributed by atoms with Gasteiger partial charge in [-0.1, -0.05) is 41.4 Å². The lowest BCUT2D eigenvalue weighted by atomic mass is 10.0. The van der Waals surface area contributed by atoms with E-state index in [0.717, 1.165) is 6.07 Å². The first-order chi connectivity index (χ1) is 14.7. The molecule has 0 fully saturated rings. The Hall–Kier alpha value is -3.33. The highest BCUT2D eigenvalue weighted by Crippen LogP contribution is 2.42. The van der Waals surface area contributed by atoms with Crippen molar-refractivity contribution in [3.05, 3.63) is 81.6 Å². The van der Waals surface area contributed by atoms with E-state index in [0.29, 0.717) is 11.1 Å². The fourth-order valence-corrected chi connectivity index (χ4v) is 3.24. The fraction of sp³-hybridized carbons (Fsp3) is 0.0476. The zero-order valence-electron chi connectivity index (χ0n) is 15.6. The quantitative estimate of drug-likeness (QED) is 0.277. The molecule has 0 saturated heterocycles. The first-order valence-corrected chi connectivity index (χ1v) is 9.42. The summed E-state index contributed by atoms with van der Waals surface area (Å²) in [4.78, 5) is 22.3. The zero-order chi connectivity index (χ0) is 22.7. The van der Waals surface area contributed by atoms with E-state index >= 15 is 0 Å². The van der Waals surface area contributed by atoms with Crippen molar-refractivity contribution < 1.29 is 34.1 Å². The highest BCUT2D eigenvalue weighted by Gasteiger charge is 2.25. The molecule has 3 aromatic rings. The molecular weight excluding hydrogens is 452 g/mol. The maximum absolute atomic E-state index is 14.0. The third-order valence-electron chi connectivity index (χ3n) is 4.24. The number of hydroxylamine groups is 1. The predicted molar refractivity (Wildman–Crippen MR) is 111 cm³/mol. The molecule has 3 aromatic carbocycles. The van der Waals surface area contributed by atoms with Gasteiger partial charge in [0.25, 0.3) is 0 Å². The average molecular weight is 466 g/mol. The van der Waals surface area contributed by atoms with Gasteiger partial charge < -0.3 is 14.9 Å². The van der Waals surface area contributed by atoms with Crippen LogP contribution in [-0.4, -0.2) is 27.3 Å². The van der Waals surface area contributed by atoms with Gasteiger partial charge in [-0.2, -0.15) is 5.06 Å². The average Bonchev–Trinajstić information content (AvgIpc) is 2.73. The molecule has 3 N–H and O–H groups in total. The number of benzene rings is 3. The van der Waals surface area contributed by atoms with Crippen LogP contribution in [0, 0.1) is 5.82 Å². The summed E-state index contributed by atoms with van der Waals surface area (Å²) in [5, 5.41) is 28.3. The van der Waals surface area contributed by atoms with Crippen LogP contribution in [0.25, 0.3) is 0 Å². The van der Waals surface area contributed by atoms with Crippen LogP contribution >= 0.6 is 23.2 Å². The van der Waals surface area contributed by atoms with Crippen molar-refractivity contribution in [3.8, 4) is 17.2 Å². The summed E-state index contributed by atoms with van der Waals surface area (Å²) in [6.07, 6.45) is 0.0781. The number of halogens is 3. The van der Waals surface area contributed by atoms with Crippen molar-refractivity contribution in [1.29, 1.82) is 0 Å². The molecule has 0 spiro atoms. The maximum Gasteiger partial charge on any atom is 0.397 e. The standard InChI is InChI=1S/C21H14Cl2FNO6/c22-14-6-7-16(25(30)20(27)21(28)29)18(23)19(14)31-13-5-8-17(26)12(10-13)9-11-3-1-2-4-15(11)24/h1-8,10,26,30H,9H2,(H,28,29). The number of carbonyl (C=O) groups is 2. The minimum Gasteiger partial charge on any atom is -0.508 e. The van der Waals surface area contributed by atoms with E-state index in [2.05, 4.69) is 0 Å². The van der Waals surface area contributed by atoms with Gasteiger partial charge in [0.05, 0.1) is 10.7 Å². The number of phenols is 1. The van der Waals surface area contributed by atoms with E-state index in [-0.39, 0.29) is 44.5 Å². The lowest BCUT2D eigenvalue weighted by molar-refractivity contribution is -0.151. The van der Waals surface area contributed by atoms with Crippen molar-refractivity contribution >= 4 is 40.8 Å². The van der Waals surface area contributed by atoms with Gasteiger partial charge in [-0.05, 0) is 42.0 Å². The summed E-state index contributed by atoms with van der Waals surface area (Å²) in [7, 11) is 0. The molecule has 0 bridgehead atoms. The molecule has 0 unspecified atom stereocenters. The second-order valence-corrected chi connectivity index (χ2v) is 7.08. The zero-order valence-corrected chi connectivity index (χ0v) is 17.1. The predicted octanol–water partition coefficient (Wildman–Crippen LogP) is 5.03. The number of anilines is 1. The largest absolute Gasteiger partial charge is 0.508 e. The Bertz CT molecular complexity index is 1170. The number of rotatable bonds is 5. The molecule has 0 aliphatic rings. The molecule has 160 valence electrons. The Morgan fingerprint density at radius 1 is 1.03 bits per heavy atom. The van der Waals surface area contributed by atoms with Gasteiger partial charge in [-0.15, -0.1) is 0 Å². The number of carbonyl (C=O) groups excluding carboxylic acids is 1. The molecule has 7 nitrogen and oxygen atoms in total. The number of ether oxygens (including phenoxy) is 1. The lowest BCUT2D eigenvalue weighted by Gasteiger charge is -2.18. The Balaban J connectivity index is 1.94. The molecule has 0 aromatic heterocycles. The number of carboxylic acid groups (broad SMARTS) is 1. The summed E-state index contributed by atoms with van der Waals surface area (Å²) < 4.78 is 19.6. The number of hydrogen-bond acceptors (Lipinski definition) is 5. The molecule has 31 heavy (non-hydrogen) atoms. The highest BCUT2D eigenvalue weighted by molar-refractivity contribution is 6.41. The van der Waals surface area contributed by atoms with Crippen LogP contribution in [0.3, 0.4) is 0 Å². The summed E-state index contributed by atoms with van der Waals surface area (Å²) in [5.74, 6) is -4.05. The molecule has 0 aliphatic heterocycles. The van der Waals surface area contributed by atoms with Gasteiger partial charge in [0.15, 0.2) is 5.75 Å². The van der Waals surface area contributed by atoms with Crippen molar-refractivity contribution in [2.24, 2.45) is 0 Å². The number of phenolic OH excluding ortho intramolecular Hbond substituents is 1. The van der Waals surface area contributed by atoms with E-state index < -0.39 is 17.7 Å². The normalized spacial score (nSPS) is 10.6. The third-order valence-corrected chi connectivity index (χ3v) is 4.90. The van der Waals surface area contributed by atoms with Crippen LogP contribution < -0.4 is 9.80 Å². The Morgan fingerprint density at radius 2 is 1.74 bits per heavy atom. The van der Waals surface area contributed by atoms with E-state index in [9.17, 15) is 24.3 Å².